The highest BCUT2D eigenvalue weighted by molar-refractivity contribution is 6.32. The van der Waals surface area contributed by atoms with E-state index in [-0.39, 0.29) is 18.4 Å². The van der Waals surface area contributed by atoms with Crippen molar-refractivity contribution >= 4 is 29.1 Å². The number of anilines is 1. The van der Waals surface area contributed by atoms with Gasteiger partial charge in [-0.2, -0.15) is 0 Å². The number of hydrogen-bond acceptors (Lipinski definition) is 3. The Morgan fingerprint density at radius 3 is 2.52 bits per heavy atom. The van der Waals surface area contributed by atoms with Gasteiger partial charge >= 0.3 is 0 Å². The van der Waals surface area contributed by atoms with E-state index in [2.05, 4.69) is 5.32 Å². The maximum absolute atomic E-state index is 12.2. The fourth-order valence-electron chi connectivity index (χ4n) is 3.24. The number of halogens is 1. The second kappa shape index (κ2) is 8.01. The van der Waals surface area contributed by atoms with Crippen LogP contribution < -0.4 is 10.1 Å². The van der Waals surface area contributed by atoms with Gasteiger partial charge in [0.05, 0.1) is 0 Å². The minimum atomic E-state index is -0.237. The van der Waals surface area contributed by atoms with Crippen molar-refractivity contribution in [1.29, 1.82) is 0 Å². The zero-order valence-electron chi connectivity index (χ0n) is 15.8. The van der Waals surface area contributed by atoms with Crippen LogP contribution in [0.5, 0.6) is 5.75 Å². The number of nitrogens with one attached hydrogen (secondary N) is 1. The smallest absolute Gasteiger partial charge is 0.262 e. The van der Waals surface area contributed by atoms with E-state index in [1.807, 2.05) is 49.1 Å². The molecule has 2 aromatic rings. The summed E-state index contributed by atoms with van der Waals surface area (Å²) in [5.74, 6) is 0.448. The van der Waals surface area contributed by atoms with E-state index in [1.54, 1.807) is 6.92 Å². The SMILES string of the molecule is CC(=O)N1CCc2ccc(NC(=O)COc3cc(C)c(Cl)c(C)c3)cc2C1. The van der Waals surface area contributed by atoms with E-state index < -0.39 is 0 Å². The number of ether oxygens (including phenoxy) is 1. The average Bonchev–Trinajstić information content (AvgIpc) is 2.63. The van der Waals surface area contributed by atoms with E-state index in [0.29, 0.717) is 23.0 Å². The quantitative estimate of drug-likeness (QED) is 0.867. The predicted octanol–water partition coefficient (Wildman–Crippen LogP) is 3.88. The first-order valence-electron chi connectivity index (χ1n) is 8.90. The lowest BCUT2D eigenvalue weighted by Crippen LogP contribution is -2.34. The van der Waals surface area contributed by atoms with Crippen LogP contribution in [0.15, 0.2) is 30.3 Å². The van der Waals surface area contributed by atoms with Crippen LogP contribution in [0.1, 0.15) is 29.2 Å². The maximum atomic E-state index is 12.2. The van der Waals surface area contributed by atoms with Crippen LogP contribution >= 0.6 is 11.6 Å². The molecule has 0 unspecified atom stereocenters. The number of amides is 2. The van der Waals surface area contributed by atoms with Gasteiger partial charge in [0.25, 0.3) is 5.91 Å². The molecule has 0 fully saturated rings. The van der Waals surface area contributed by atoms with Crippen molar-refractivity contribution in [3.05, 3.63) is 57.6 Å². The number of carbonyl (C=O) groups excluding carboxylic acids is 2. The zero-order valence-corrected chi connectivity index (χ0v) is 16.5. The second-order valence-electron chi connectivity index (χ2n) is 6.88. The minimum Gasteiger partial charge on any atom is -0.484 e. The molecule has 0 spiro atoms. The highest BCUT2D eigenvalue weighted by Gasteiger charge is 2.18. The summed E-state index contributed by atoms with van der Waals surface area (Å²) in [6.45, 7) is 6.61. The van der Waals surface area contributed by atoms with Crippen LogP contribution in [-0.4, -0.2) is 29.9 Å². The molecule has 0 atom stereocenters. The largest absolute Gasteiger partial charge is 0.484 e. The minimum absolute atomic E-state index is 0.0667. The number of benzene rings is 2. The zero-order chi connectivity index (χ0) is 19.6. The summed E-state index contributed by atoms with van der Waals surface area (Å²) in [5, 5.41) is 3.56. The van der Waals surface area contributed by atoms with Crippen molar-refractivity contribution in [3.8, 4) is 5.75 Å². The molecule has 142 valence electrons. The van der Waals surface area contributed by atoms with Crippen molar-refractivity contribution in [2.75, 3.05) is 18.5 Å². The number of rotatable bonds is 4. The van der Waals surface area contributed by atoms with E-state index in [0.717, 1.165) is 29.7 Å². The second-order valence-corrected chi connectivity index (χ2v) is 7.26. The Morgan fingerprint density at radius 1 is 1.15 bits per heavy atom. The molecular weight excluding hydrogens is 364 g/mol. The molecule has 0 aliphatic carbocycles. The van der Waals surface area contributed by atoms with Gasteiger partial charge in [0.2, 0.25) is 5.91 Å². The summed E-state index contributed by atoms with van der Waals surface area (Å²) in [7, 11) is 0. The molecule has 3 rings (SSSR count). The molecule has 1 aliphatic heterocycles. The molecular formula is C21H23ClN2O3. The third kappa shape index (κ3) is 4.61. The van der Waals surface area contributed by atoms with Gasteiger partial charge in [-0.05, 0) is 66.8 Å². The summed E-state index contributed by atoms with van der Waals surface area (Å²) in [4.78, 5) is 25.6. The molecule has 0 saturated heterocycles. The number of nitrogens with zero attached hydrogens (tertiary/aromatic N) is 1. The molecule has 0 saturated carbocycles. The third-order valence-electron chi connectivity index (χ3n) is 4.73. The fourth-order valence-corrected chi connectivity index (χ4v) is 3.35. The molecule has 2 amide bonds. The van der Waals surface area contributed by atoms with Gasteiger partial charge in [0, 0.05) is 30.7 Å². The first-order valence-corrected chi connectivity index (χ1v) is 9.28. The highest BCUT2D eigenvalue weighted by atomic mass is 35.5. The Balaban J connectivity index is 1.62. The van der Waals surface area contributed by atoms with Crippen LogP contribution in [0.25, 0.3) is 0 Å². The Labute approximate surface area is 164 Å². The molecule has 0 radical (unpaired) electrons. The molecule has 0 bridgehead atoms. The summed E-state index contributed by atoms with van der Waals surface area (Å²) in [6.07, 6.45) is 0.835. The van der Waals surface area contributed by atoms with Crippen molar-refractivity contribution in [3.63, 3.8) is 0 Å². The highest BCUT2D eigenvalue weighted by Crippen LogP contribution is 2.26. The molecule has 0 aromatic heterocycles. The Bertz CT molecular complexity index is 872. The summed E-state index contributed by atoms with van der Waals surface area (Å²) in [5.41, 5.74) is 4.82. The summed E-state index contributed by atoms with van der Waals surface area (Å²) in [6, 6.07) is 9.46. The van der Waals surface area contributed by atoms with E-state index in [9.17, 15) is 9.59 Å². The van der Waals surface area contributed by atoms with Crippen molar-refractivity contribution in [2.24, 2.45) is 0 Å². The first-order chi connectivity index (χ1) is 12.8. The monoisotopic (exact) mass is 386 g/mol. The van der Waals surface area contributed by atoms with Crippen LogP contribution in [0.2, 0.25) is 5.02 Å². The number of carbonyl (C=O) groups is 2. The Hall–Kier alpha value is -2.53. The Kier molecular flexibility index (Phi) is 5.71. The third-order valence-corrected chi connectivity index (χ3v) is 5.32. The van der Waals surface area contributed by atoms with Crippen LogP contribution in [0.4, 0.5) is 5.69 Å². The normalized spacial score (nSPS) is 13.1. The van der Waals surface area contributed by atoms with Gasteiger partial charge in [0.15, 0.2) is 6.61 Å². The Morgan fingerprint density at radius 2 is 1.85 bits per heavy atom. The lowest BCUT2D eigenvalue weighted by atomic mass is 9.99. The van der Waals surface area contributed by atoms with Gasteiger partial charge < -0.3 is 15.0 Å². The summed E-state index contributed by atoms with van der Waals surface area (Å²) < 4.78 is 5.59. The van der Waals surface area contributed by atoms with E-state index >= 15 is 0 Å². The first kappa shape index (κ1) is 19.2. The molecule has 1 aliphatic rings. The topological polar surface area (TPSA) is 58.6 Å². The van der Waals surface area contributed by atoms with Gasteiger partial charge in [-0.15, -0.1) is 0 Å². The lowest BCUT2D eigenvalue weighted by molar-refractivity contribution is -0.129. The van der Waals surface area contributed by atoms with Crippen molar-refractivity contribution in [2.45, 2.75) is 33.7 Å². The molecule has 2 aromatic carbocycles. The molecule has 1 N–H and O–H groups in total. The maximum Gasteiger partial charge on any atom is 0.262 e. The van der Waals surface area contributed by atoms with E-state index in [4.69, 9.17) is 16.3 Å². The predicted molar refractivity (Wildman–Crippen MR) is 106 cm³/mol. The molecule has 1 heterocycles. The number of fused-ring (bicyclic) bond motifs is 1. The van der Waals surface area contributed by atoms with Gasteiger partial charge in [-0.3, -0.25) is 9.59 Å². The van der Waals surface area contributed by atoms with E-state index in [1.165, 1.54) is 5.56 Å². The van der Waals surface area contributed by atoms with Crippen molar-refractivity contribution < 1.29 is 14.3 Å². The number of aryl methyl sites for hydroxylation is 2. The standard InChI is InChI=1S/C21H23ClN2O3/c1-13-8-19(9-14(2)21(13)22)27-12-20(26)23-18-5-4-16-6-7-24(15(3)25)11-17(16)10-18/h4-5,8-10H,6-7,11-12H2,1-3H3,(H,23,26). The number of hydrogen-bond donors (Lipinski definition) is 1. The lowest BCUT2D eigenvalue weighted by Gasteiger charge is -2.28. The van der Waals surface area contributed by atoms with Crippen LogP contribution in [0, 0.1) is 13.8 Å². The molecule has 27 heavy (non-hydrogen) atoms. The van der Waals surface area contributed by atoms with Gasteiger partial charge in [-0.1, -0.05) is 17.7 Å². The average molecular weight is 387 g/mol. The van der Waals surface area contributed by atoms with Gasteiger partial charge in [0.1, 0.15) is 5.75 Å². The van der Waals surface area contributed by atoms with Gasteiger partial charge in [-0.25, -0.2) is 0 Å². The van der Waals surface area contributed by atoms with Crippen molar-refractivity contribution in [1.82, 2.24) is 4.90 Å². The molecule has 5 nitrogen and oxygen atoms in total. The molecule has 6 heteroatoms. The van der Waals surface area contributed by atoms with Crippen LogP contribution in [0.3, 0.4) is 0 Å². The van der Waals surface area contributed by atoms with Crippen LogP contribution in [-0.2, 0) is 22.6 Å². The fraction of sp³-hybridized carbons (Fsp3) is 0.333. The summed E-state index contributed by atoms with van der Waals surface area (Å²) >= 11 is 6.15.